The van der Waals surface area contributed by atoms with E-state index in [4.69, 9.17) is 17.3 Å². The van der Waals surface area contributed by atoms with Crippen molar-refractivity contribution in [1.82, 2.24) is 4.98 Å². The molecule has 0 atom stereocenters. The number of nitrogen functional groups attached to an aromatic ring is 1. The smallest absolute Gasteiger partial charge is 0.288 e. The highest BCUT2D eigenvalue weighted by atomic mass is 79.9. The van der Waals surface area contributed by atoms with Crippen molar-refractivity contribution in [3.8, 4) is 0 Å². The van der Waals surface area contributed by atoms with Crippen LogP contribution >= 0.6 is 27.5 Å². The van der Waals surface area contributed by atoms with E-state index in [-0.39, 0.29) is 17.1 Å². The van der Waals surface area contributed by atoms with Crippen molar-refractivity contribution >= 4 is 50.6 Å². The van der Waals surface area contributed by atoms with Gasteiger partial charge in [0.25, 0.3) is 11.6 Å². The molecule has 2 aromatic rings. The Kier molecular flexibility index (Phi) is 4.39. The Morgan fingerprint density at radius 1 is 1.48 bits per heavy atom. The Hall–Kier alpha value is -2.19. The number of nitrogens with zero attached hydrogens (tertiary/aromatic N) is 2. The summed E-state index contributed by atoms with van der Waals surface area (Å²) in [5.74, 6) is -0.720. The van der Waals surface area contributed by atoms with Crippen LogP contribution in [0.3, 0.4) is 0 Å². The highest BCUT2D eigenvalue weighted by Gasteiger charge is 2.17. The van der Waals surface area contributed by atoms with Crippen LogP contribution in [0.5, 0.6) is 0 Å². The van der Waals surface area contributed by atoms with E-state index in [1.54, 1.807) is 18.2 Å². The number of carbonyl (C=O) groups is 1. The van der Waals surface area contributed by atoms with Crippen molar-refractivity contribution in [3.63, 3.8) is 0 Å². The number of hydrogen-bond acceptors (Lipinski definition) is 5. The second-order valence-electron chi connectivity index (χ2n) is 3.94. The standard InChI is InChI=1S/C12H8BrClN4O3/c13-10-8(14)2-1-3-9(10)17-12(19)7-4-6(18(20)21)5-16-11(7)15/h1-5H,(H2,15,16)(H,17,19). The van der Waals surface area contributed by atoms with E-state index in [1.807, 2.05) is 0 Å². The first-order valence-corrected chi connectivity index (χ1v) is 6.72. The van der Waals surface area contributed by atoms with Gasteiger partial charge in [-0.15, -0.1) is 0 Å². The van der Waals surface area contributed by atoms with E-state index >= 15 is 0 Å². The fourth-order valence-electron chi connectivity index (χ4n) is 1.54. The number of nitrogens with two attached hydrogens (primary N) is 1. The molecule has 0 fully saturated rings. The van der Waals surface area contributed by atoms with Gasteiger partial charge in [0.05, 0.1) is 25.7 Å². The topological polar surface area (TPSA) is 111 Å². The number of aromatic nitrogens is 1. The molecular formula is C12H8BrClN4O3. The first kappa shape index (κ1) is 15.2. The molecule has 21 heavy (non-hydrogen) atoms. The molecule has 0 aliphatic heterocycles. The molecule has 0 saturated carbocycles. The van der Waals surface area contributed by atoms with Gasteiger partial charge in [-0.2, -0.15) is 0 Å². The normalized spacial score (nSPS) is 10.2. The molecule has 0 radical (unpaired) electrons. The molecule has 108 valence electrons. The zero-order chi connectivity index (χ0) is 15.6. The maximum Gasteiger partial charge on any atom is 0.288 e. The fourth-order valence-corrected chi connectivity index (χ4v) is 2.07. The van der Waals surface area contributed by atoms with E-state index in [0.717, 1.165) is 12.3 Å². The average molecular weight is 372 g/mol. The van der Waals surface area contributed by atoms with Crippen molar-refractivity contribution in [3.05, 3.63) is 55.6 Å². The highest BCUT2D eigenvalue weighted by Crippen LogP contribution is 2.30. The average Bonchev–Trinajstić information content (AvgIpc) is 2.44. The van der Waals surface area contributed by atoms with Crippen LogP contribution in [0.2, 0.25) is 5.02 Å². The summed E-state index contributed by atoms with van der Waals surface area (Å²) in [7, 11) is 0. The fraction of sp³-hybridized carbons (Fsp3) is 0. The Labute approximate surface area is 132 Å². The second kappa shape index (κ2) is 6.06. The lowest BCUT2D eigenvalue weighted by Gasteiger charge is -2.09. The molecule has 0 saturated heterocycles. The maximum atomic E-state index is 12.2. The van der Waals surface area contributed by atoms with Crippen LogP contribution in [-0.2, 0) is 0 Å². The molecule has 0 aliphatic carbocycles. The predicted octanol–water partition coefficient (Wildman–Crippen LogP) is 3.24. The lowest BCUT2D eigenvalue weighted by atomic mass is 10.2. The third kappa shape index (κ3) is 3.29. The number of nitro groups is 1. The molecule has 0 spiro atoms. The molecule has 0 bridgehead atoms. The SMILES string of the molecule is Nc1ncc([N+](=O)[O-])cc1C(=O)Nc1cccc(Cl)c1Br. The summed E-state index contributed by atoms with van der Waals surface area (Å²) in [6, 6.07) is 5.98. The molecule has 0 aliphatic rings. The van der Waals surface area contributed by atoms with Crippen LogP contribution in [0.1, 0.15) is 10.4 Å². The maximum absolute atomic E-state index is 12.2. The van der Waals surface area contributed by atoms with E-state index < -0.39 is 10.8 Å². The number of halogens is 2. The van der Waals surface area contributed by atoms with Crippen LogP contribution in [0.25, 0.3) is 0 Å². The molecule has 7 nitrogen and oxygen atoms in total. The third-order valence-corrected chi connectivity index (χ3v) is 3.96. The summed E-state index contributed by atoms with van der Waals surface area (Å²) in [6.45, 7) is 0. The van der Waals surface area contributed by atoms with Gasteiger partial charge >= 0.3 is 0 Å². The van der Waals surface area contributed by atoms with E-state index in [1.165, 1.54) is 0 Å². The van der Waals surface area contributed by atoms with Crippen LogP contribution in [0.15, 0.2) is 34.9 Å². The van der Waals surface area contributed by atoms with Crippen molar-refractivity contribution in [2.75, 3.05) is 11.1 Å². The Morgan fingerprint density at radius 3 is 2.86 bits per heavy atom. The minimum absolute atomic E-state index is 0.0870. The number of amides is 1. The van der Waals surface area contributed by atoms with Crippen LogP contribution in [0, 0.1) is 10.1 Å². The number of anilines is 2. The van der Waals surface area contributed by atoms with E-state index in [9.17, 15) is 14.9 Å². The Bertz CT molecular complexity index is 738. The van der Waals surface area contributed by atoms with Crippen LogP contribution < -0.4 is 11.1 Å². The Balaban J connectivity index is 2.34. The number of pyridine rings is 1. The highest BCUT2D eigenvalue weighted by molar-refractivity contribution is 9.10. The molecule has 0 unspecified atom stereocenters. The summed E-state index contributed by atoms with van der Waals surface area (Å²) in [6.07, 6.45) is 0.988. The lowest BCUT2D eigenvalue weighted by Crippen LogP contribution is -2.15. The summed E-state index contributed by atoms with van der Waals surface area (Å²) in [5.41, 5.74) is 5.59. The zero-order valence-corrected chi connectivity index (χ0v) is 12.7. The van der Waals surface area contributed by atoms with Gasteiger partial charge in [-0.3, -0.25) is 14.9 Å². The summed E-state index contributed by atoms with van der Waals surface area (Å²) >= 11 is 9.15. The van der Waals surface area contributed by atoms with Gasteiger partial charge in [-0.05, 0) is 28.1 Å². The van der Waals surface area contributed by atoms with Gasteiger partial charge in [0, 0.05) is 6.07 Å². The van der Waals surface area contributed by atoms with Crippen molar-refractivity contribution < 1.29 is 9.72 Å². The minimum atomic E-state index is -0.654. The Morgan fingerprint density at radius 2 is 2.19 bits per heavy atom. The van der Waals surface area contributed by atoms with Crippen molar-refractivity contribution in [2.45, 2.75) is 0 Å². The van der Waals surface area contributed by atoms with Crippen LogP contribution in [-0.4, -0.2) is 15.8 Å². The van der Waals surface area contributed by atoms with Gasteiger partial charge in [-0.25, -0.2) is 4.98 Å². The van der Waals surface area contributed by atoms with E-state index in [2.05, 4.69) is 26.2 Å². The zero-order valence-electron chi connectivity index (χ0n) is 10.3. The summed E-state index contributed by atoms with van der Waals surface area (Å²) in [4.78, 5) is 25.9. The van der Waals surface area contributed by atoms with Gasteiger partial charge in [0.2, 0.25) is 0 Å². The molecule has 2 rings (SSSR count). The lowest BCUT2D eigenvalue weighted by molar-refractivity contribution is -0.385. The minimum Gasteiger partial charge on any atom is -0.383 e. The van der Waals surface area contributed by atoms with Gasteiger partial charge in [0.15, 0.2) is 0 Å². The van der Waals surface area contributed by atoms with Crippen LogP contribution in [0.4, 0.5) is 17.2 Å². The van der Waals surface area contributed by atoms with E-state index in [0.29, 0.717) is 15.2 Å². The number of rotatable bonds is 3. The third-order valence-electron chi connectivity index (χ3n) is 2.56. The predicted molar refractivity (Wildman–Crippen MR) is 82.4 cm³/mol. The molecular weight excluding hydrogens is 364 g/mol. The molecule has 1 aromatic carbocycles. The largest absolute Gasteiger partial charge is 0.383 e. The molecule has 1 heterocycles. The molecule has 1 amide bonds. The monoisotopic (exact) mass is 370 g/mol. The van der Waals surface area contributed by atoms with Gasteiger partial charge in [-0.1, -0.05) is 17.7 Å². The molecule has 1 aromatic heterocycles. The first-order chi connectivity index (χ1) is 9.90. The molecule has 3 N–H and O–H groups in total. The first-order valence-electron chi connectivity index (χ1n) is 5.55. The number of benzene rings is 1. The number of carbonyl (C=O) groups excluding carboxylic acids is 1. The van der Waals surface area contributed by atoms with Crippen molar-refractivity contribution in [2.24, 2.45) is 0 Å². The number of nitrogens with one attached hydrogen (secondary N) is 1. The number of hydrogen-bond donors (Lipinski definition) is 2. The molecule has 9 heteroatoms. The second-order valence-corrected chi connectivity index (χ2v) is 5.14. The quantitative estimate of drug-likeness (QED) is 0.635. The summed E-state index contributed by atoms with van der Waals surface area (Å²) in [5, 5.41) is 13.7. The van der Waals surface area contributed by atoms with Crippen molar-refractivity contribution in [1.29, 1.82) is 0 Å². The van der Waals surface area contributed by atoms with Gasteiger partial charge in [0.1, 0.15) is 12.0 Å². The van der Waals surface area contributed by atoms with Gasteiger partial charge < -0.3 is 11.1 Å². The summed E-state index contributed by atoms with van der Waals surface area (Å²) < 4.78 is 0.497.